The Bertz CT molecular complexity index is 1280. The molecule has 0 N–H and O–H groups in total. The summed E-state index contributed by atoms with van der Waals surface area (Å²) in [7, 11) is 0. The molecule has 1 saturated heterocycles. The van der Waals surface area contributed by atoms with Crippen LogP contribution in [0.3, 0.4) is 0 Å². The number of fused-ring (bicyclic) bond motifs is 1. The van der Waals surface area contributed by atoms with E-state index in [-0.39, 0.29) is 11.8 Å². The number of rotatable bonds is 7. The Labute approximate surface area is 194 Å². The zero-order valence-corrected chi connectivity index (χ0v) is 19.2. The first-order valence-corrected chi connectivity index (χ1v) is 11.7. The number of hydrogen-bond donors (Lipinski definition) is 0. The van der Waals surface area contributed by atoms with Gasteiger partial charge in [0.1, 0.15) is 18.2 Å². The Balaban J connectivity index is 1.38. The summed E-state index contributed by atoms with van der Waals surface area (Å²) in [5.41, 5.74) is 5.46. The van der Waals surface area contributed by atoms with Gasteiger partial charge in [0.2, 0.25) is 5.91 Å². The van der Waals surface area contributed by atoms with E-state index >= 15 is 0 Å². The van der Waals surface area contributed by atoms with Crippen molar-refractivity contribution in [2.75, 3.05) is 18.1 Å². The number of carbonyl (C=O) groups excluding carboxylic acids is 1. The molecule has 1 aliphatic heterocycles. The van der Waals surface area contributed by atoms with E-state index in [9.17, 15) is 4.79 Å². The van der Waals surface area contributed by atoms with Gasteiger partial charge in [-0.2, -0.15) is 0 Å². The van der Waals surface area contributed by atoms with E-state index in [1.807, 2.05) is 47.4 Å². The fourth-order valence-electron chi connectivity index (χ4n) is 4.64. The second kappa shape index (κ2) is 9.10. The third-order valence-corrected chi connectivity index (χ3v) is 6.40. The van der Waals surface area contributed by atoms with Crippen LogP contribution in [0, 0.1) is 6.92 Å². The zero-order valence-electron chi connectivity index (χ0n) is 19.2. The number of hydrogen-bond acceptors (Lipinski definition) is 3. The second-order valence-corrected chi connectivity index (χ2v) is 8.70. The summed E-state index contributed by atoms with van der Waals surface area (Å²) in [4.78, 5) is 19.8. The quantitative estimate of drug-likeness (QED) is 0.382. The molecule has 168 valence electrons. The third kappa shape index (κ3) is 4.36. The van der Waals surface area contributed by atoms with E-state index in [2.05, 4.69) is 48.7 Å². The first-order chi connectivity index (χ1) is 16.1. The number of nitrogens with zero attached hydrogens (tertiary/aromatic N) is 3. The molecule has 2 heterocycles. The minimum Gasteiger partial charge on any atom is -0.492 e. The van der Waals surface area contributed by atoms with Crippen LogP contribution < -0.4 is 9.64 Å². The van der Waals surface area contributed by atoms with Gasteiger partial charge in [-0.25, -0.2) is 4.98 Å². The SMILES string of the molecule is CCc1ccc(OCCn2c([C@H]3CC(=O)N(c4cccc(C)c4)C3)nc3ccccc32)cc1. The van der Waals surface area contributed by atoms with Gasteiger partial charge in [-0.15, -0.1) is 0 Å². The molecule has 5 heteroatoms. The van der Waals surface area contributed by atoms with Crippen LogP contribution in [0.1, 0.15) is 36.2 Å². The van der Waals surface area contributed by atoms with Crippen LogP contribution in [0.2, 0.25) is 0 Å². The Morgan fingerprint density at radius 1 is 1.03 bits per heavy atom. The van der Waals surface area contributed by atoms with Crippen molar-refractivity contribution in [3.8, 4) is 5.75 Å². The van der Waals surface area contributed by atoms with Crippen LogP contribution in [-0.4, -0.2) is 28.6 Å². The van der Waals surface area contributed by atoms with Crippen molar-refractivity contribution >= 4 is 22.6 Å². The van der Waals surface area contributed by atoms with Gasteiger partial charge >= 0.3 is 0 Å². The maximum absolute atomic E-state index is 12.9. The molecule has 5 rings (SSSR count). The lowest BCUT2D eigenvalue weighted by atomic mass is 10.1. The molecule has 4 aromatic rings. The van der Waals surface area contributed by atoms with Crippen molar-refractivity contribution in [2.24, 2.45) is 0 Å². The van der Waals surface area contributed by atoms with Gasteiger partial charge in [0.05, 0.1) is 17.6 Å². The van der Waals surface area contributed by atoms with Crippen LogP contribution in [0.4, 0.5) is 5.69 Å². The Morgan fingerprint density at radius 2 is 1.85 bits per heavy atom. The molecule has 0 unspecified atom stereocenters. The van der Waals surface area contributed by atoms with E-state index < -0.39 is 0 Å². The standard InChI is InChI=1S/C28H29N3O2/c1-3-21-11-13-24(14-12-21)33-16-15-30-26-10-5-4-9-25(26)29-28(30)22-18-27(32)31(19-22)23-8-6-7-20(2)17-23/h4-14,17,22H,3,15-16,18-19H2,1-2H3/t22-/m0/s1. The predicted molar refractivity (Wildman–Crippen MR) is 132 cm³/mol. The fourth-order valence-corrected chi connectivity index (χ4v) is 4.64. The molecule has 0 bridgehead atoms. The number of carbonyl (C=O) groups is 1. The largest absolute Gasteiger partial charge is 0.492 e. The third-order valence-electron chi connectivity index (χ3n) is 6.40. The molecular formula is C28H29N3O2. The number of imidazole rings is 1. The highest BCUT2D eigenvalue weighted by Gasteiger charge is 2.34. The first kappa shape index (κ1) is 21.3. The van der Waals surface area contributed by atoms with Crippen LogP contribution in [0.5, 0.6) is 5.75 Å². The fraction of sp³-hybridized carbons (Fsp3) is 0.286. The summed E-state index contributed by atoms with van der Waals surface area (Å²) < 4.78 is 8.27. The maximum Gasteiger partial charge on any atom is 0.227 e. The molecule has 1 atom stereocenters. The summed E-state index contributed by atoms with van der Waals surface area (Å²) >= 11 is 0. The normalized spacial score (nSPS) is 16.0. The minimum atomic E-state index is 0.0502. The molecule has 3 aromatic carbocycles. The highest BCUT2D eigenvalue weighted by Crippen LogP contribution is 2.33. The zero-order chi connectivity index (χ0) is 22.8. The summed E-state index contributed by atoms with van der Waals surface area (Å²) in [6.07, 6.45) is 1.49. The van der Waals surface area contributed by atoms with E-state index in [1.165, 1.54) is 5.56 Å². The number of para-hydroxylation sites is 2. The molecule has 1 fully saturated rings. The van der Waals surface area contributed by atoms with Crippen molar-refractivity contribution in [3.63, 3.8) is 0 Å². The predicted octanol–water partition coefficient (Wildman–Crippen LogP) is 5.51. The van der Waals surface area contributed by atoms with E-state index in [4.69, 9.17) is 9.72 Å². The summed E-state index contributed by atoms with van der Waals surface area (Å²) in [6.45, 7) is 6.07. The summed E-state index contributed by atoms with van der Waals surface area (Å²) in [5.74, 6) is 2.04. The highest BCUT2D eigenvalue weighted by molar-refractivity contribution is 5.96. The number of aryl methyl sites for hydroxylation is 2. The van der Waals surface area contributed by atoms with E-state index in [0.29, 0.717) is 26.1 Å². The first-order valence-electron chi connectivity index (χ1n) is 11.7. The Kier molecular flexibility index (Phi) is 5.86. The van der Waals surface area contributed by atoms with Gasteiger partial charge in [-0.05, 0) is 60.9 Å². The summed E-state index contributed by atoms with van der Waals surface area (Å²) in [6, 6.07) is 24.6. The van der Waals surface area contributed by atoms with Gasteiger partial charge in [-0.3, -0.25) is 4.79 Å². The number of ether oxygens (including phenoxy) is 1. The van der Waals surface area contributed by atoms with Crippen LogP contribution in [-0.2, 0) is 17.8 Å². The molecule has 1 aromatic heterocycles. The van der Waals surface area contributed by atoms with E-state index in [0.717, 1.165) is 40.3 Å². The Morgan fingerprint density at radius 3 is 2.64 bits per heavy atom. The smallest absolute Gasteiger partial charge is 0.227 e. The highest BCUT2D eigenvalue weighted by atomic mass is 16.5. The number of anilines is 1. The molecular weight excluding hydrogens is 410 g/mol. The average Bonchev–Trinajstić information content (AvgIpc) is 3.40. The molecule has 1 aliphatic rings. The van der Waals surface area contributed by atoms with Gasteiger partial charge in [0.15, 0.2) is 0 Å². The lowest BCUT2D eigenvalue weighted by Crippen LogP contribution is -2.24. The molecule has 0 spiro atoms. The van der Waals surface area contributed by atoms with Gasteiger partial charge in [0.25, 0.3) is 0 Å². The lowest BCUT2D eigenvalue weighted by molar-refractivity contribution is -0.117. The minimum absolute atomic E-state index is 0.0502. The van der Waals surface area contributed by atoms with Crippen molar-refractivity contribution < 1.29 is 9.53 Å². The number of aromatic nitrogens is 2. The molecule has 33 heavy (non-hydrogen) atoms. The maximum atomic E-state index is 12.9. The van der Waals surface area contributed by atoms with Crippen molar-refractivity contribution in [1.29, 1.82) is 0 Å². The topological polar surface area (TPSA) is 47.4 Å². The van der Waals surface area contributed by atoms with Crippen molar-refractivity contribution in [1.82, 2.24) is 9.55 Å². The lowest BCUT2D eigenvalue weighted by Gasteiger charge is -2.18. The molecule has 5 nitrogen and oxygen atoms in total. The second-order valence-electron chi connectivity index (χ2n) is 8.70. The van der Waals surface area contributed by atoms with Gasteiger partial charge < -0.3 is 14.2 Å². The monoisotopic (exact) mass is 439 g/mol. The van der Waals surface area contributed by atoms with Crippen LogP contribution in [0.15, 0.2) is 72.8 Å². The van der Waals surface area contributed by atoms with Gasteiger partial charge in [0, 0.05) is 24.6 Å². The average molecular weight is 440 g/mol. The van der Waals surface area contributed by atoms with Crippen molar-refractivity contribution in [2.45, 2.75) is 39.2 Å². The molecule has 1 amide bonds. The van der Waals surface area contributed by atoms with Gasteiger partial charge in [-0.1, -0.05) is 43.3 Å². The Hall–Kier alpha value is -3.60. The number of amides is 1. The molecule has 0 saturated carbocycles. The molecule has 0 radical (unpaired) electrons. The number of benzene rings is 3. The van der Waals surface area contributed by atoms with Crippen molar-refractivity contribution in [3.05, 3.63) is 89.7 Å². The van der Waals surface area contributed by atoms with E-state index in [1.54, 1.807) is 0 Å². The van der Waals surface area contributed by atoms with Crippen LogP contribution in [0.25, 0.3) is 11.0 Å². The van der Waals surface area contributed by atoms with Crippen LogP contribution >= 0.6 is 0 Å². The summed E-state index contributed by atoms with van der Waals surface area (Å²) in [5, 5.41) is 0. The molecule has 0 aliphatic carbocycles.